The third-order valence-corrected chi connectivity index (χ3v) is 7.77. The highest BCUT2D eigenvalue weighted by atomic mass is 35.5. The number of hydrogen-bond acceptors (Lipinski definition) is 4. The van der Waals surface area contributed by atoms with Crippen LogP contribution in [0.25, 0.3) is 6.08 Å². The number of thioether (sulfide) groups is 1. The van der Waals surface area contributed by atoms with Gasteiger partial charge >= 0.3 is 0 Å². The Morgan fingerprint density at radius 2 is 1.56 bits per heavy atom. The average molecular weight is 584 g/mol. The first kappa shape index (κ1) is 29.6. The predicted molar refractivity (Wildman–Crippen MR) is 168 cm³/mol. The monoisotopic (exact) mass is 583 g/mol. The lowest BCUT2D eigenvalue weighted by Gasteiger charge is -2.16. The zero-order valence-corrected chi connectivity index (χ0v) is 24.3. The quantitative estimate of drug-likeness (QED) is 0.133. The maximum atomic E-state index is 13.4. The molecule has 0 heterocycles. The van der Waals surface area contributed by atoms with E-state index in [-0.39, 0.29) is 16.9 Å². The molecular weight excluding hydrogens is 554 g/mol. The van der Waals surface area contributed by atoms with Crippen LogP contribution in [0.3, 0.4) is 0 Å². The molecule has 8 heteroatoms. The first-order chi connectivity index (χ1) is 19.8. The maximum Gasteiger partial charge on any atom is 0.272 e. The molecule has 0 aromatic heterocycles. The van der Waals surface area contributed by atoms with Gasteiger partial charge in [-0.25, -0.2) is 0 Å². The van der Waals surface area contributed by atoms with E-state index in [1.54, 1.807) is 60.7 Å². The van der Waals surface area contributed by atoms with E-state index in [9.17, 15) is 14.4 Å². The van der Waals surface area contributed by atoms with Crippen LogP contribution in [0, 0.1) is 6.92 Å². The molecule has 41 heavy (non-hydrogen) atoms. The minimum absolute atomic E-state index is 0.103. The Bertz CT molecular complexity index is 1560. The normalized spacial score (nSPS) is 11.8. The smallest absolute Gasteiger partial charge is 0.272 e. The molecule has 0 aliphatic heterocycles. The Morgan fingerprint density at radius 3 is 2.27 bits per heavy atom. The molecule has 0 spiro atoms. The molecule has 0 saturated heterocycles. The average Bonchev–Trinajstić information content (AvgIpc) is 2.98. The Labute approximate surface area is 249 Å². The molecule has 0 bridgehead atoms. The second kappa shape index (κ2) is 14.3. The van der Waals surface area contributed by atoms with Gasteiger partial charge < -0.3 is 16.0 Å². The van der Waals surface area contributed by atoms with Crippen molar-refractivity contribution in [3.05, 3.63) is 131 Å². The van der Waals surface area contributed by atoms with Gasteiger partial charge in [-0.2, -0.15) is 0 Å². The Kier molecular flexibility index (Phi) is 10.4. The lowest BCUT2D eigenvalue weighted by molar-refractivity contribution is -0.116. The standard InChI is InChI=1S/C33H30ClN3O3S/c1-3-30(33(40)36-28-15-8-7-14-27(28)34)41-26-13-9-12-25(21-26)35-32(39)29(20-23-18-16-22(2)17-19-23)37-31(38)24-10-5-4-6-11-24/h4-21,30H,3H2,1-2H3,(H,35,39)(H,36,40)(H,37,38)/b29-20-. The minimum Gasteiger partial charge on any atom is -0.324 e. The first-order valence-corrected chi connectivity index (χ1v) is 14.4. The van der Waals surface area contributed by atoms with Crippen LogP contribution in [0.2, 0.25) is 5.02 Å². The minimum atomic E-state index is -0.472. The molecule has 0 fully saturated rings. The highest BCUT2D eigenvalue weighted by Gasteiger charge is 2.20. The summed E-state index contributed by atoms with van der Waals surface area (Å²) < 4.78 is 0. The number of rotatable bonds is 10. The molecule has 4 rings (SSSR count). The molecule has 0 aliphatic carbocycles. The zero-order chi connectivity index (χ0) is 29.2. The molecule has 4 aromatic carbocycles. The van der Waals surface area contributed by atoms with Crippen LogP contribution in [-0.4, -0.2) is 23.0 Å². The molecule has 0 saturated carbocycles. The molecule has 0 radical (unpaired) electrons. The summed E-state index contributed by atoms with van der Waals surface area (Å²) in [6.45, 7) is 3.92. The van der Waals surface area contributed by atoms with E-state index in [1.807, 2.05) is 62.4 Å². The van der Waals surface area contributed by atoms with E-state index in [1.165, 1.54) is 11.8 Å². The van der Waals surface area contributed by atoms with Crippen LogP contribution in [0.4, 0.5) is 11.4 Å². The van der Waals surface area contributed by atoms with E-state index in [2.05, 4.69) is 16.0 Å². The lowest BCUT2D eigenvalue weighted by atomic mass is 10.1. The van der Waals surface area contributed by atoms with Crippen LogP contribution in [0.5, 0.6) is 0 Å². The van der Waals surface area contributed by atoms with Crippen molar-refractivity contribution in [2.75, 3.05) is 10.6 Å². The van der Waals surface area contributed by atoms with E-state index in [0.29, 0.717) is 28.4 Å². The summed E-state index contributed by atoms with van der Waals surface area (Å²) >= 11 is 7.60. The van der Waals surface area contributed by atoms with Crippen molar-refractivity contribution in [3.8, 4) is 0 Å². The highest BCUT2D eigenvalue weighted by molar-refractivity contribution is 8.00. The largest absolute Gasteiger partial charge is 0.324 e. The van der Waals surface area contributed by atoms with Crippen molar-refractivity contribution in [1.82, 2.24) is 5.32 Å². The van der Waals surface area contributed by atoms with E-state index in [0.717, 1.165) is 16.0 Å². The number of carbonyl (C=O) groups excluding carboxylic acids is 3. The van der Waals surface area contributed by atoms with Crippen molar-refractivity contribution >= 4 is 58.5 Å². The van der Waals surface area contributed by atoms with Gasteiger partial charge in [-0.3, -0.25) is 14.4 Å². The van der Waals surface area contributed by atoms with Crippen LogP contribution >= 0.6 is 23.4 Å². The summed E-state index contributed by atoms with van der Waals surface area (Å²) in [5.74, 6) is -1.02. The summed E-state index contributed by atoms with van der Waals surface area (Å²) in [7, 11) is 0. The predicted octanol–water partition coefficient (Wildman–Crippen LogP) is 7.57. The van der Waals surface area contributed by atoms with Gasteiger partial charge in [0.05, 0.1) is 16.0 Å². The number of amides is 3. The summed E-state index contributed by atoms with van der Waals surface area (Å²) in [6, 6.07) is 30.7. The third-order valence-electron chi connectivity index (χ3n) is 6.08. The number of aryl methyl sites for hydroxylation is 1. The van der Waals surface area contributed by atoms with Crippen LogP contribution < -0.4 is 16.0 Å². The molecule has 208 valence electrons. The number of anilines is 2. The molecule has 4 aromatic rings. The molecule has 6 nitrogen and oxygen atoms in total. The highest BCUT2D eigenvalue weighted by Crippen LogP contribution is 2.30. The molecule has 0 aliphatic rings. The molecule has 1 atom stereocenters. The number of carbonyl (C=O) groups is 3. The van der Waals surface area contributed by atoms with Crippen molar-refractivity contribution in [1.29, 1.82) is 0 Å². The number of halogens is 1. The SMILES string of the molecule is CCC(Sc1cccc(NC(=O)/C(=C/c2ccc(C)cc2)NC(=O)c2ccccc2)c1)C(=O)Nc1ccccc1Cl. The van der Waals surface area contributed by atoms with E-state index < -0.39 is 11.8 Å². The summed E-state index contributed by atoms with van der Waals surface area (Å²) in [5, 5.41) is 8.63. The fourth-order valence-corrected chi connectivity index (χ4v) is 5.08. The van der Waals surface area contributed by atoms with Crippen molar-refractivity contribution in [2.24, 2.45) is 0 Å². The van der Waals surface area contributed by atoms with Gasteiger partial charge in [0.2, 0.25) is 5.91 Å². The van der Waals surface area contributed by atoms with Gasteiger partial charge in [0, 0.05) is 16.1 Å². The van der Waals surface area contributed by atoms with Crippen LogP contribution in [0.1, 0.15) is 34.8 Å². The fourth-order valence-electron chi connectivity index (χ4n) is 3.88. The summed E-state index contributed by atoms with van der Waals surface area (Å²) in [5.41, 5.74) is 3.49. The molecule has 3 N–H and O–H groups in total. The second-order valence-electron chi connectivity index (χ2n) is 9.25. The lowest BCUT2D eigenvalue weighted by Crippen LogP contribution is -2.30. The third kappa shape index (κ3) is 8.58. The zero-order valence-electron chi connectivity index (χ0n) is 22.7. The molecule has 3 amide bonds. The number of hydrogen-bond donors (Lipinski definition) is 3. The van der Waals surface area contributed by atoms with Crippen LogP contribution in [-0.2, 0) is 9.59 Å². The Balaban J connectivity index is 1.50. The number of benzene rings is 4. The Hall–Kier alpha value is -4.33. The fraction of sp³-hybridized carbons (Fsp3) is 0.121. The van der Waals surface area contributed by atoms with Crippen molar-refractivity contribution < 1.29 is 14.4 Å². The molecule has 1 unspecified atom stereocenters. The van der Waals surface area contributed by atoms with Gasteiger partial charge in [-0.05, 0) is 67.4 Å². The van der Waals surface area contributed by atoms with Gasteiger partial charge in [0.15, 0.2) is 0 Å². The van der Waals surface area contributed by atoms with Gasteiger partial charge in [-0.15, -0.1) is 11.8 Å². The number of nitrogens with one attached hydrogen (secondary N) is 3. The van der Waals surface area contributed by atoms with Crippen molar-refractivity contribution in [3.63, 3.8) is 0 Å². The topological polar surface area (TPSA) is 87.3 Å². The van der Waals surface area contributed by atoms with Gasteiger partial charge in [0.25, 0.3) is 11.8 Å². The van der Waals surface area contributed by atoms with Crippen molar-refractivity contribution in [2.45, 2.75) is 30.4 Å². The maximum absolute atomic E-state index is 13.4. The van der Waals surface area contributed by atoms with Gasteiger partial charge in [0.1, 0.15) is 5.70 Å². The van der Waals surface area contributed by atoms with Crippen LogP contribution in [0.15, 0.2) is 114 Å². The summed E-state index contributed by atoms with van der Waals surface area (Å²) in [6.07, 6.45) is 2.23. The summed E-state index contributed by atoms with van der Waals surface area (Å²) in [4.78, 5) is 40.1. The number of para-hydroxylation sites is 1. The first-order valence-electron chi connectivity index (χ1n) is 13.1. The van der Waals surface area contributed by atoms with E-state index >= 15 is 0 Å². The van der Waals surface area contributed by atoms with Gasteiger partial charge in [-0.1, -0.05) is 84.8 Å². The molecular formula is C33H30ClN3O3S. The second-order valence-corrected chi connectivity index (χ2v) is 10.9. The van der Waals surface area contributed by atoms with E-state index in [4.69, 9.17) is 11.6 Å². The Morgan fingerprint density at radius 1 is 0.854 bits per heavy atom.